The lowest BCUT2D eigenvalue weighted by molar-refractivity contribution is -0.122. The molecular formula is C22H32N4O4S. The second kappa shape index (κ2) is 10.4. The number of sulfonamides is 1. The second-order valence-electron chi connectivity index (χ2n) is 8.27. The molecule has 2 saturated heterocycles. The van der Waals surface area contributed by atoms with Gasteiger partial charge >= 0.3 is 0 Å². The van der Waals surface area contributed by atoms with Crippen LogP contribution in [0.25, 0.3) is 0 Å². The molecule has 0 aromatic heterocycles. The van der Waals surface area contributed by atoms with Gasteiger partial charge in [-0.15, -0.1) is 6.58 Å². The van der Waals surface area contributed by atoms with E-state index >= 15 is 0 Å². The first-order chi connectivity index (χ1) is 14.8. The summed E-state index contributed by atoms with van der Waals surface area (Å²) in [5, 5.41) is 2.75. The van der Waals surface area contributed by atoms with Crippen molar-refractivity contribution in [2.75, 3.05) is 52.4 Å². The molecule has 0 spiro atoms. The molecule has 0 atom stereocenters. The van der Waals surface area contributed by atoms with E-state index in [-0.39, 0.29) is 16.7 Å². The lowest BCUT2D eigenvalue weighted by Gasteiger charge is -2.34. The monoisotopic (exact) mass is 448 g/mol. The smallest absolute Gasteiger partial charge is 0.253 e. The fourth-order valence-electron chi connectivity index (χ4n) is 3.88. The maximum atomic E-state index is 12.9. The number of carbonyl (C=O) groups is 2. The highest BCUT2D eigenvalue weighted by Gasteiger charge is 2.29. The number of piperidine rings is 1. The molecule has 1 N–H and O–H groups in total. The van der Waals surface area contributed by atoms with Crippen LogP contribution in [0.1, 0.15) is 30.1 Å². The zero-order valence-electron chi connectivity index (χ0n) is 18.1. The Kier molecular flexibility index (Phi) is 7.85. The summed E-state index contributed by atoms with van der Waals surface area (Å²) < 4.78 is 27.2. The first-order valence-corrected chi connectivity index (χ1v) is 12.2. The summed E-state index contributed by atoms with van der Waals surface area (Å²) in [4.78, 5) is 28.6. The highest BCUT2D eigenvalue weighted by atomic mass is 32.2. The van der Waals surface area contributed by atoms with Gasteiger partial charge in [0.2, 0.25) is 15.9 Å². The number of hydrogen-bond acceptors (Lipinski definition) is 5. The number of nitrogens with one attached hydrogen (secondary N) is 1. The number of amides is 2. The summed E-state index contributed by atoms with van der Waals surface area (Å²) in [5.74, 6) is 0.375. The van der Waals surface area contributed by atoms with Crippen LogP contribution in [0.2, 0.25) is 0 Å². The van der Waals surface area contributed by atoms with Crippen LogP contribution in [0, 0.1) is 5.92 Å². The van der Waals surface area contributed by atoms with Crippen LogP contribution in [-0.4, -0.2) is 86.7 Å². The van der Waals surface area contributed by atoms with Crippen LogP contribution in [0.3, 0.4) is 0 Å². The van der Waals surface area contributed by atoms with Gasteiger partial charge in [-0.05, 0) is 43.0 Å². The molecule has 0 unspecified atom stereocenters. The van der Waals surface area contributed by atoms with Gasteiger partial charge in [0.1, 0.15) is 0 Å². The lowest BCUT2D eigenvalue weighted by atomic mass is 10.0. The third-order valence-electron chi connectivity index (χ3n) is 5.95. The summed E-state index contributed by atoms with van der Waals surface area (Å²) in [7, 11) is -3.52. The molecule has 2 amide bonds. The molecule has 170 valence electrons. The van der Waals surface area contributed by atoms with Crippen LogP contribution >= 0.6 is 0 Å². The Morgan fingerprint density at radius 2 is 1.68 bits per heavy atom. The van der Waals surface area contributed by atoms with Crippen molar-refractivity contribution in [3.63, 3.8) is 0 Å². The summed E-state index contributed by atoms with van der Waals surface area (Å²) in [6.07, 6.45) is 3.38. The van der Waals surface area contributed by atoms with Crippen LogP contribution in [-0.2, 0) is 14.8 Å². The van der Waals surface area contributed by atoms with E-state index in [9.17, 15) is 18.0 Å². The van der Waals surface area contributed by atoms with E-state index in [2.05, 4.69) is 18.8 Å². The molecule has 2 heterocycles. The molecule has 0 aliphatic carbocycles. The van der Waals surface area contributed by atoms with Gasteiger partial charge in [0, 0.05) is 51.4 Å². The molecule has 2 aliphatic rings. The zero-order valence-corrected chi connectivity index (χ0v) is 18.9. The van der Waals surface area contributed by atoms with Crippen molar-refractivity contribution in [1.82, 2.24) is 19.4 Å². The SMILES string of the molecule is C=CCNC(=O)CN1CCN(C(=O)c2ccc(S(=O)(=O)N3CCC(C)CC3)cc2)CC1. The third-order valence-corrected chi connectivity index (χ3v) is 7.86. The van der Waals surface area contributed by atoms with Crippen molar-refractivity contribution >= 4 is 21.8 Å². The van der Waals surface area contributed by atoms with Gasteiger partial charge in [0.25, 0.3) is 5.91 Å². The number of carbonyl (C=O) groups excluding carboxylic acids is 2. The average Bonchev–Trinajstić information content (AvgIpc) is 2.78. The molecule has 2 fully saturated rings. The van der Waals surface area contributed by atoms with Gasteiger partial charge < -0.3 is 10.2 Å². The molecule has 8 nitrogen and oxygen atoms in total. The van der Waals surface area contributed by atoms with E-state index in [1.807, 2.05) is 4.90 Å². The number of benzene rings is 1. The maximum absolute atomic E-state index is 12.9. The van der Waals surface area contributed by atoms with Gasteiger partial charge in [-0.1, -0.05) is 13.0 Å². The van der Waals surface area contributed by atoms with Crippen molar-refractivity contribution in [2.45, 2.75) is 24.7 Å². The molecule has 3 rings (SSSR count). The average molecular weight is 449 g/mol. The van der Waals surface area contributed by atoms with Crippen molar-refractivity contribution in [2.24, 2.45) is 5.92 Å². The molecule has 31 heavy (non-hydrogen) atoms. The largest absolute Gasteiger partial charge is 0.352 e. The molecule has 0 radical (unpaired) electrons. The van der Waals surface area contributed by atoms with E-state index < -0.39 is 10.0 Å². The number of nitrogens with zero attached hydrogens (tertiary/aromatic N) is 3. The maximum Gasteiger partial charge on any atom is 0.253 e. The van der Waals surface area contributed by atoms with E-state index in [0.29, 0.717) is 63.8 Å². The minimum Gasteiger partial charge on any atom is -0.352 e. The lowest BCUT2D eigenvalue weighted by Crippen LogP contribution is -2.51. The van der Waals surface area contributed by atoms with E-state index in [1.54, 1.807) is 23.1 Å². The van der Waals surface area contributed by atoms with E-state index in [4.69, 9.17) is 0 Å². The van der Waals surface area contributed by atoms with Gasteiger partial charge in [0.05, 0.1) is 11.4 Å². The summed E-state index contributed by atoms with van der Waals surface area (Å²) in [6.45, 7) is 9.84. The van der Waals surface area contributed by atoms with Crippen LogP contribution in [0.15, 0.2) is 41.8 Å². The zero-order chi connectivity index (χ0) is 22.4. The first-order valence-electron chi connectivity index (χ1n) is 10.8. The number of piperazine rings is 1. The van der Waals surface area contributed by atoms with Crippen LogP contribution < -0.4 is 5.32 Å². The predicted molar refractivity (Wildman–Crippen MR) is 119 cm³/mol. The van der Waals surface area contributed by atoms with Gasteiger partial charge in [0.15, 0.2) is 0 Å². The van der Waals surface area contributed by atoms with Crippen LogP contribution in [0.4, 0.5) is 0 Å². The Bertz CT molecular complexity index is 885. The molecule has 1 aromatic carbocycles. The Balaban J connectivity index is 1.55. The van der Waals surface area contributed by atoms with Gasteiger partial charge in [-0.25, -0.2) is 8.42 Å². The molecular weight excluding hydrogens is 416 g/mol. The van der Waals surface area contributed by atoms with Gasteiger partial charge in [-0.2, -0.15) is 4.31 Å². The van der Waals surface area contributed by atoms with Gasteiger partial charge in [-0.3, -0.25) is 14.5 Å². The van der Waals surface area contributed by atoms with E-state index in [1.165, 1.54) is 16.4 Å². The third kappa shape index (κ3) is 5.93. The molecule has 0 bridgehead atoms. The first kappa shape index (κ1) is 23.4. The number of hydrogen-bond donors (Lipinski definition) is 1. The Morgan fingerprint density at radius 1 is 1.06 bits per heavy atom. The summed E-state index contributed by atoms with van der Waals surface area (Å²) in [5.41, 5.74) is 0.475. The Labute approximate surface area is 184 Å². The fourth-order valence-corrected chi connectivity index (χ4v) is 5.35. The van der Waals surface area contributed by atoms with E-state index in [0.717, 1.165) is 12.8 Å². The fraction of sp³-hybridized carbons (Fsp3) is 0.545. The van der Waals surface area contributed by atoms with Crippen molar-refractivity contribution in [3.8, 4) is 0 Å². The highest BCUT2D eigenvalue weighted by molar-refractivity contribution is 7.89. The molecule has 9 heteroatoms. The summed E-state index contributed by atoms with van der Waals surface area (Å²) in [6, 6.07) is 6.25. The minimum atomic E-state index is -3.52. The normalized spacial score (nSPS) is 19.2. The van der Waals surface area contributed by atoms with Crippen molar-refractivity contribution in [3.05, 3.63) is 42.5 Å². The highest BCUT2D eigenvalue weighted by Crippen LogP contribution is 2.24. The molecule has 1 aromatic rings. The Hall–Kier alpha value is -2.23. The number of rotatable bonds is 7. The van der Waals surface area contributed by atoms with Crippen LogP contribution in [0.5, 0.6) is 0 Å². The summed E-state index contributed by atoms with van der Waals surface area (Å²) >= 11 is 0. The van der Waals surface area contributed by atoms with Crippen molar-refractivity contribution < 1.29 is 18.0 Å². The Morgan fingerprint density at radius 3 is 2.26 bits per heavy atom. The molecule has 0 saturated carbocycles. The second-order valence-corrected chi connectivity index (χ2v) is 10.2. The quantitative estimate of drug-likeness (QED) is 0.633. The topological polar surface area (TPSA) is 90.0 Å². The van der Waals surface area contributed by atoms with Crippen molar-refractivity contribution in [1.29, 1.82) is 0 Å². The standard InChI is InChI=1S/C22H32N4O4S/c1-3-10-23-21(27)17-24-13-15-25(16-14-24)22(28)19-4-6-20(7-5-19)31(29,30)26-11-8-18(2)9-12-26/h3-7,18H,1,8-17H2,2H3,(H,23,27). The minimum absolute atomic E-state index is 0.0559. The molecule has 2 aliphatic heterocycles. The predicted octanol–water partition coefficient (Wildman–Crippen LogP) is 1.17.